The van der Waals surface area contributed by atoms with E-state index in [0.717, 1.165) is 55.6 Å². The van der Waals surface area contributed by atoms with Crippen molar-refractivity contribution in [2.75, 3.05) is 26.2 Å². The molecule has 2 aromatic carbocycles. The van der Waals surface area contributed by atoms with E-state index >= 15 is 0 Å². The van der Waals surface area contributed by atoms with E-state index in [4.69, 9.17) is 0 Å². The Hall–Kier alpha value is -2.50. The van der Waals surface area contributed by atoms with Gasteiger partial charge in [0.2, 0.25) is 0 Å². The van der Waals surface area contributed by atoms with Crippen LogP contribution in [-0.2, 0) is 6.54 Å². The molecular weight excluding hydrogens is 423 g/mol. The van der Waals surface area contributed by atoms with E-state index in [2.05, 4.69) is 37.5 Å². The van der Waals surface area contributed by atoms with E-state index in [1.54, 1.807) is 12.1 Å². The molecule has 0 amide bonds. The number of carbonyl (C=O) groups is 1. The molecule has 0 bridgehead atoms. The van der Waals surface area contributed by atoms with Crippen molar-refractivity contribution in [3.05, 3.63) is 77.1 Å². The first-order valence-electron chi connectivity index (χ1n) is 11.8. The van der Waals surface area contributed by atoms with Gasteiger partial charge in [-0.2, -0.15) is 0 Å². The van der Waals surface area contributed by atoms with E-state index in [9.17, 15) is 9.90 Å². The number of tetrazole rings is 1. The van der Waals surface area contributed by atoms with Gasteiger partial charge in [0.1, 0.15) is 0 Å². The molecule has 1 aliphatic carbocycles. The standard InChI is InChI=1S/C25H30N6O2.Li/c32-25(33)21-12-10-20(11-13-21)23(30-15-5-14-29(16-17-30)22-8-4-9-22)24-26-27-28-31(24)18-19-6-2-1-3-7-19;/h1-3,6-7,10-13,22-23H,4-5,8-9,14-18H2,(H,32,33);/q;+1/p-1. The Balaban J connectivity index is 0.00000274. The number of aromatic carboxylic acids is 1. The van der Waals surface area contributed by atoms with Crippen LogP contribution in [0.1, 0.15) is 59.0 Å². The summed E-state index contributed by atoms with van der Waals surface area (Å²) in [7, 11) is 0. The predicted octanol–water partition coefficient (Wildman–Crippen LogP) is -1.26. The minimum absolute atomic E-state index is 0. The Labute approximate surface area is 212 Å². The number of carbonyl (C=O) groups excluding carboxylic acids is 1. The molecule has 1 aliphatic heterocycles. The summed E-state index contributed by atoms with van der Waals surface area (Å²) in [5.41, 5.74) is 2.29. The van der Waals surface area contributed by atoms with Crippen LogP contribution >= 0.6 is 0 Å². The van der Waals surface area contributed by atoms with Gasteiger partial charge in [-0.05, 0) is 52.9 Å². The minimum Gasteiger partial charge on any atom is -0.545 e. The molecule has 1 saturated heterocycles. The molecule has 0 radical (unpaired) electrons. The van der Waals surface area contributed by atoms with E-state index in [1.165, 1.54) is 19.3 Å². The fourth-order valence-corrected chi connectivity index (χ4v) is 4.93. The van der Waals surface area contributed by atoms with Gasteiger partial charge in [-0.15, -0.1) is 5.10 Å². The van der Waals surface area contributed by atoms with E-state index in [0.29, 0.717) is 6.54 Å². The molecule has 1 atom stereocenters. The Kier molecular flexibility index (Phi) is 8.17. The first kappa shape index (κ1) is 24.6. The monoisotopic (exact) mass is 452 g/mol. The fourth-order valence-electron chi connectivity index (χ4n) is 4.93. The molecule has 8 nitrogen and oxygen atoms in total. The third-order valence-electron chi connectivity index (χ3n) is 6.96. The molecule has 0 spiro atoms. The molecule has 1 unspecified atom stereocenters. The van der Waals surface area contributed by atoms with Crippen molar-refractivity contribution in [3.63, 3.8) is 0 Å². The number of aromatic nitrogens is 4. The van der Waals surface area contributed by atoms with Gasteiger partial charge in [0.25, 0.3) is 0 Å². The zero-order chi connectivity index (χ0) is 22.6. The summed E-state index contributed by atoms with van der Waals surface area (Å²) in [5.74, 6) is -0.393. The first-order chi connectivity index (χ1) is 16.2. The van der Waals surface area contributed by atoms with E-state index in [1.807, 2.05) is 35.0 Å². The normalized spacial score (nSPS) is 18.5. The molecule has 172 valence electrons. The Morgan fingerprint density at radius 3 is 2.41 bits per heavy atom. The third-order valence-corrected chi connectivity index (χ3v) is 6.96. The number of carboxylic acid groups (broad SMARTS) is 1. The van der Waals surface area contributed by atoms with Crippen LogP contribution in [0, 0.1) is 0 Å². The van der Waals surface area contributed by atoms with Gasteiger partial charge in [-0.3, -0.25) is 9.80 Å². The predicted molar refractivity (Wildman–Crippen MR) is 121 cm³/mol. The molecule has 0 N–H and O–H groups in total. The van der Waals surface area contributed by atoms with Crippen molar-refractivity contribution in [2.24, 2.45) is 0 Å². The van der Waals surface area contributed by atoms with Gasteiger partial charge in [0, 0.05) is 25.7 Å². The van der Waals surface area contributed by atoms with Gasteiger partial charge in [-0.25, -0.2) is 4.68 Å². The van der Waals surface area contributed by atoms with Crippen LogP contribution in [0.3, 0.4) is 0 Å². The van der Waals surface area contributed by atoms with Crippen LogP contribution in [0.4, 0.5) is 0 Å². The van der Waals surface area contributed by atoms with Crippen LogP contribution < -0.4 is 24.0 Å². The Bertz CT molecular complexity index is 1070. The molecule has 9 heteroatoms. The summed E-state index contributed by atoms with van der Waals surface area (Å²) in [5, 5.41) is 24.1. The van der Waals surface area contributed by atoms with Gasteiger partial charge >= 0.3 is 18.9 Å². The average Bonchev–Trinajstić information content (AvgIpc) is 3.11. The summed E-state index contributed by atoms with van der Waals surface area (Å²) in [6.07, 6.45) is 5.05. The molecule has 34 heavy (non-hydrogen) atoms. The third kappa shape index (κ3) is 5.42. The van der Waals surface area contributed by atoms with Crippen molar-refractivity contribution >= 4 is 5.97 Å². The molecule has 1 saturated carbocycles. The van der Waals surface area contributed by atoms with Crippen LogP contribution in [0.2, 0.25) is 0 Å². The van der Waals surface area contributed by atoms with Crippen LogP contribution in [0.25, 0.3) is 0 Å². The molecule has 5 rings (SSSR count). The Morgan fingerprint density at radius 1 is 0.971 bits per heavy atom. The molecular formula is C25H29LiN6O2. The second kappa shape index (κ2) is 11.3. The zero-order valence-electron chi connectivity index (χ0n) is 19.7. The average molecular weight is 452 g/mol. The minimum atomic E-state index is -1.17. The summed E-state index contributed by atoms with van der Waals surface area (Å²) in [6, 6.07) is 17.7. The summed E-state index contributed by atoms with van der Waals surface area (Å²) >= 11 is 0. The molecule has 2 heterocycles. The quantitative estimate of drug-likeness (QED) is 0.414. The topological polar surface area (TPSA) is 90.2 Å². The van der Waals surface area contributed by atoms with Gasteiger partial charge in [0.15, 0.2) is 5.82 Å². The SMILES string of the molecule is O=C([O-])c1ccc(C(c2nnnn2Cc2ccccc2)N2CCCN(C3CCC3)CC2)cc1.[Li+]. The summed E-state index contributed by atoms with van der Waals surface area (Å²) in [6.45, 7) is 4.58. The Morgan fingerprint density at radius 2 is 1.74 bits per heavy atom. The molecule has 2 fully saturated rings. The first-order valence-corrected chi connectivity index (χ1v) is 11.8. The van der Waals surface area contributed by atoms with E-state index < -0.39 is 5.97 Å². The van der Waals surface area contributed by atoms with Crippen molar-refractivity contribution in [2.45, 2.75) is 44.3 Å². The van der Waals surface area contributed by atoms with Crippen LogP contribution in [0.15, 0.2) is 54.6 Å². The number of hydrogen-bond donors (Lipinski definition) is 0. The fraction of sp³-hybridized carbons (Fsp3) is 0.440. The van der Waals surface area contributed by atoms with Gasteiger partial charge < -0.3 is 9.90 Å². The maximum Gasteiger partial charge on any atom is 1.00 e. The largest absolute Gasteiger partial charge is 1.00 e. The second-order valence-corrected chi connectivity index (χ2v) is 9.00. The zero-order valence-corrected chi connectivity index (χ0v) is 19.7. The maximum atomic E-state index is 11.3. The van der Waals surface area contributed by atoms with Crippen molar-refractivity contribution in [1.82, 2.24) is 30.0 Å². The summed E-state index contributed by atoms with van der Waals surface area (Å²) in [4.78, 5) is 16.4. The van der Waals surface area contributed by atoms with Gasteiger partial charge in [0.05, 0.1) is 18.6 Å². The number of rotatable bonds is 7. The van der Waals surface area contributed by atoms with E-state index in [-0.39, 0.29) is 30.5 Å². The number of hydrogen-bond acceptors (Lipinski definition) is 7. The van der Waals surface area contributed by atoms with Crippen LogP contribution in [-0.4, -0.2) is 68.2 Å². The second-order valence-electron chi connectivity index (χ2n) is 9.00. The van der Waals surface area contributed by atoms with Crippen molar-refractivity contribution in [1.29, 1.82) is 0 Å². The maximum absolute atomic E-state index is 11.3. The summed E-state index contributed by atoms with van der Waals surface area (Å²) < 4.78 is 1.86. The van der Waals surface area contributed by atoms with Gasteiger partial charge in [-0.1, -0.05) is 61.0 Å². The number of nitrogens with zero attached hydrogens (tertiary/aromatic N) is 6. The molecule has 1 aromatic heterocycles. The molecule has 3 aromatic rings. The number of benzene rings is 2. The van der Waals surface area contributed by atoms with Crippen molar-refractivity contribution in [3.8, 4) is 0 Å². The van der Waals surface area contributed by atoms with Crippen LogP contribution in [0.5, 0.6) is 0 Å². The number of carboxylic acids is 1. The smallest absolute Gasteiger partial charge is 0.545 e. The van der Waals surface area contributed by atoms with Crippen molar-refractivity contribution < 1.29 is 28.8 Å². The molecule has 2 aliphatic rings.